The van der Waals surface area contributed by atoms with Crippen molar-refractivity contribution in [2.24, 2.45) is 0 Å². The third-order valence-corrected chi connectivity index (χ3v) is 6.99. The maximum Gasteiger partial charge on any atom is 0.234 e. The monoisotopic (exact) mass is 451 g/mol. The molecule has 1 aliphatic heterocycles. The van der Waals surface area contributed by atoms with E-state index in [2.05, 4.69) is 16.7 Å². The molecule has 0 bridgehead atoms. The van der Waals surface area contributed by atoms with Gasteiger partial charge in [-0.25, -0.2) is 0 Å². The number of hydrogen-bond acceptors (Lipinski definition) is 5. The second-order valence-corrected chi connectivity index (χ2v) is 9.10. The second-order valence-electron chi connectivity index (χ2n) is 7.23. The molecule has 2 aromatic rings. The van der Waals surface area contributed by atoms with Crippen LogP contribution in [-0.4, -0.2) is 23.8 Å². The molecule has 2 amide bonds. The summed E-state index contributed by atoms with van der Waals surface area (Å²) in [5, 5.41) is 16.1. The fraction of sp³-hybridized carbons (Fsp3) is 0.292. The number of thioether (sulfide) groups is 2. The highest BCUT2D eigenvalue weighted by molar-refractivity contribution is 8.03. The number of benzene rings is 2. The van der Waals surface area contributed by atoms with Gasteiger partial charge >= 0.3 is 0 Å². The fourth-order valence-corrected chi connectivity index (χ4v) is 4.85. The summed E-state index contributed by atoms with van der Waals surface area (Å²) in [6.07, 6.45) is 3.05. The van der Waals surface area contributed by atoms with Crippen molar-refractivity contribution in [3.05, 3.63) is 69.8 Å². The Bertz CT molecular complexity index is 1060. The predicted molar refractivity (Wildman–Crippen MR) is 128 cm³/mol. The average Bonchev–Trinajstić information content (AvgIpc) is 2.78. The third kappa shape index (κ3) is 5.52. The van der Waals surface area contributed by atoms with Crippen LogP contribution in [0.5, 0.6) is 0 Å². The van der Waals surface area contributed by atoms with Crippen molar-refractivity contribution in [2.45, 2.75) is 37.5 Å². The van der Waals surface area contributed by atoms with E-state index in [-0.39, 0.29) is 29.9 Å². The van der Waals surface area contributed by atoms with E-state index in [9.17, 15) is 14.9 Å². The number of hydrogen-bond donors (Lipinski definition) is 2. The second kappa shape index (κ2) is 10.6. The van der Waals surface area contributed by atoms with E-state index in [0.717, 1.165) is 33.7 Å². The van der Waals surface area contributed by atoms with E-state index < -0.39 is 0 Å². The van der Waals surface area contributed by atoms with Crippen molar-refractivity contribution in [1.29, 1.82) is 5.26 Å². The Hall–Kier alpha value is -2.69. The predicted octanol–water partition coefficient (Wildman–Crippen LogP) is 4.99. The Morgan fingerprint density at radius 1 is 1.26 bits per heavy atom. The van der Waals surface area contributed by atoms with Crippen molar-refractivity contribution in [3.8, 4) is 6.07 Å². The molecule has 1 aliphatic rings. The maximum atomic E-state index is 12.6. The van der Waals surface area contributed by atoms with Crippen LogP contribution in [0.25, 0.3) is 0 Å². The molecule has 1 atom stereocenters. The highest BCUT2D eigenvalue weighted by Crippen LogP contribution is 2.36. The van der Waals surface area contributed by atoms with Gasteiger partial charge in [0.2, 0.25) is 11.8 Å². The SMILES string of the molecule is CCc1cccc(C)c1NC(=O)CSC1=C(C#N)[C@H](c2ccc(SC)cc2)CC(=O)N1. The van der Waals surface area contributed by atoms with Crippen LogP contribution in [0.2, 0.25) is 0 Å². The molecule has 2 N–H and O–H groups in total. The van der Waals surface area contributed by atoms with Crippen LogP contribution in [0.1, 0.15) is 36.0 Å². The highest BCUT2D eigenvalue weighted by atomic mass is 32.2. The number of amides is 2. The number of para-hydroxylation sites is 1. The van der Waals surface area contributed by atoms with Crippen LogP contribution >= 0.6 is 23.5 Å². The Labute approximate surface area is 191 Å². The number of nitrogens with one attached hydrogen (secondary N) is 2. The van der Waals surface area contributed by atoms with Crippen LogP contribution < -0.4 is 10.6 Å². The Kier molecular flexibility index (Phi) is 7.83. The summed E-state index contributed by atoms with van der Waals surface area (Å²) in [6, 6.07) is 16.1. The zero-order chi connectivity index (χ0) is 22.4. The van der Waals surface area contributed by atoms with E-state index in [1.807, 2.05) is 62.6 Å². The Balaban J connectivity index is 1.77. The van der Waals surface area contributed by atoms with E-state index in [0.29, 0.717) is 10.6 Å². The molecule has 31 heavy (non-hydrogen) atoms. The number of rotatable bonds is 7. The lowest BCUT2D eigenvalue weighted by Gasteiger charge is -2.25. The van der Waals surface area contributed by atoms with Gasteiger partial charge in [0.05, 0.1) is 22.4 Å². The van der Waals surface area contributed by atoms with Crippen molar-refractivity contribution >= 4 is 41.0 Å². The molecule has 5 nitrogen and oxygen atoms in total. The van der Waals surface area contributed by atoms with E-state index in [4.69, 9.17) is 0 Å². The summed E-state index contributed by atoms with van der Waals surface area (Å²) in [6.45, 7) is 4.01. The molecule has 0 unspecified atom stereocenters. The molecule has 0 aromatic heterocycles. The first-order valence-corrected chi connectivity index (χ1v) is 12.3. The molecule has 0 aliphatic carbocycles. The van der Waals surface area contributed by atoms with Crippen molar-refractivity contribution in [1.82, 2.24) is 5.32 Å². The van der Waals surface area contributed by atoms with Crippen molar-refractivity contribution in [2.75, 3.05) is 17.3 Å². The van der Waals surface area contributed by atoms with Crippen molar-refractivity contribution < 1.29 is 9.59 Å². The lowest BCUT2D eigenvalue weighted by atomic mass is 9.87. The van der Waals surface area contributed by atoms with Gasteiger partial charge in [-0.1, -0.05) is 49.0 Å². The van der Waals surface area contributed by atoms with Gasteiger partial charge in [-0.15, -0.1) is 11.8 Å². The average molecular weight is 452 g/mol. The molecule has 0 fully saturated rings. The van der Waals surface area contributed by atoms with Crippen LogP contribution in [0, 0.1) is 18.3 Å². The number of nitrogens with zero attached hydrogens (tertiary/aromatic N) is 1. The zero-order valence-corrected chi connectivity index (χ0v) is 19.5. The maximum absolute atomic E-state index is 12.6. The third-order valence-electron chi connectivity index (χ3n) is 5.23. The van der Waals surface area contributed by atoms with Crippen LogP contribution in [-0.2, 0) is 16.0 Å². The van der Waals surface area contributed by atoms with E-state index >= 15 is 0 Å². The number of aryl methyl sites for hydroxylation is 2. The van der Waals surface area contributed by atoms with E-state index in [1.54, 1.807) is 11.8 Å². The molecule has 1 heterocycles. The molecule has 0 saturated carbocycles. The minimum atomic E-state index is -0.303. The highest BCUT2D eigenvalue weighted by Gasteiger charge is 2.30. The van der Waals surface area contributed by atoms with Crippen LogP contribution in [0.3, 0.4) is 0 Å². The molecule has 3 rings (SSSR count). The summed E-state index contributed by atoms with van der Waals surface area (Å²) >= 11 is 2.84. The molecule has 0 spiro atoms. The lowest BCUT2D eigenvalue weighted by Crippen LogP contribution is -2.31. The van der Waals surface area contributed by atoms with Gasteiger partial charge in [0.25, 0.3) is 0 Å². The Morgan fingerprint density at radius 2 is 2.00 bits per heavy atom. The van der Waals surface area contributed by atoms with Gasteiger partial charge in [0.15, 0.2) is 0 Å². The summed E-state index contributed by atoms with van der Waals surface area (Å²) in [5.41, 5.74) is 4.35. The number of carbonyl (C=O) groups excluding carboxylic acids is 2. The van der Waals surface area contributed by atoms with Gasteiger partial charge in [-0.05, 0) is 48.4 Å². The minimum Gasteiger partial charge on any atom is -0.325 e. The summed E-state index contributed by atoms with van der Waals surface area (Å²) < 4.78 is 0. The molecule has 0 radical (unpaired) electrons. The van der Waals surface area contributed by atoms with Gasteiger partial charge in [-0.3, -0.25) is 9.59 Å². The lowest BCUT2D eigenvalue weighted by molar-refractivity contribution is -0.121. The van der Waals surface area contributed by atoms with Crippen LogP contribution in [0.4, 0.5) is 5.69 Å². The summed E-state index contributed by atoms with van der Waals surface area (Å²) in [7, 11) is 0. The molecule has 160 valence electrons. The standard InChI is InChI=1S/C24H25N3O2S2/c1-4-16-7-5-6-15(2)23(16)26-22(29)14-31-24-20(13-25)19(12-21(28)27-24)17-8-10-18(30-3)11-9-17/h5-11,19H,4,12,14H2,1-3H3,(H,26,29)(H,27,28)/t19-/m0/s1. The first-order chi connectivity index (χ1) is 15.0. The number of anilines is 1. The minimum absolute atomic E-state index is 0.108. The zero-order valence-electron chi connectivity index (χ0n) is 17.8. The largest absolute Gasteiger partial charge is 0.325 e. The Morgan fingerprint density at radius 3 is 2.65 bits per heavy atom. The molecular weight excluding hydrogens is 426 g/mol. The molecule has 7 heteroatoms. The van der Waals surface area contributed by atoms with Gasteiger partial charge in [-0.2, -0.15) is 5.26 Å². The van der Waals surface area contributed by atoms with Gasteiger partial charge in [0.1, 0.15) is 0 Å². The molecular formula is C24H25N3O2S2. The first kappa shape index (κ1) is 23.0. The normalized spacial score (nSPS) is 15.9. The first-order valence-electron chi connectivity index (χ1n) is 10.1. The molecule has 0 saturated heterocycles. The van der Waals surface area contributed by atoms with Gasteiger partial charge in [0, 0.05) is 22.9 Å². The topological polar surface area (TPSA) is 82.0 Å². The molecule has 2 aromatic carbocycles. The number of nitriles is 1. The fourth-order valence-electron chi connectivity index (χ4n) is 3.57. The number of carbonyl (C=O) groups is 2. The van der Waals surface area contributed by atoms with Crippen molar-refractivity contribution in [3.63, 3.8) is 0 Å². The number of allylic oxidation sites excluding steroid dienone is 1. The van der Waals surface area contributed by atoms with E-state index in [1.165, 1.54) is 11.8 Å². The summed E-state index contributed by atoms with van der Waals surface area (Å²) in [5.74, 6) is -0.507. The summed E-state index contributed by atoms with van der Waals surface area (Å²) in [4.78, 5) is 26.1. The van der Waals surface area contributed by atoms with Crippen LogP contribution in [0.15, 0.2) is 58.0 Å². The van der Waals surface area contributed by atoms with Gasteiger partial charge < -0.3 is 10.6 Å². The smallest absolute Gasteiger partial charge is 0.234 e. The quantitative estimate of drug-likeness (QED) is 0.580.